The van der Waals surface area contributed by atoms with E-state index in [9.17, 15) is 4.79 Å². The summed E-state index contributed by atoms with van der Waals surface area (Å²) in [5.41, 5.74) is 2.38. The Labute approximate surface area is 128 Å². The van der Waals surface area contributed by atoms with Crippen LogP contribution in [0.3, 0.4) is 0 Å². The predicted molar refractivity (Wildman–Crippen MR) is 87.9 cm³/mol. The number of hydrogen-bond donors (Lipinski definition) is 0. The largest absolute Gasteiger partial charge is 0.302 e. The topological polar surface area (TPSA) is 23.6 Å². The smallest absolute Gasteiger partial charge is 0.176 e. The van der Waals surface area contributed by atoms with Gasteiger partial charge in [-0.1, -0.05) is 31.2 Å². The van der Waals surface area contributed by atoms with E-state index in [0.717, 1.165) is 18.5 Å². The summed E-state index contributed by atoms with van der Waals surface area (Å²) in [5.74, 6) is 0.216. The first kappa shape index (κ1) is 16.2. The van der Waals surface area contributed by atoms with Gasteiger partial charge < -0.3 is 4.90 Å². The maximum atomic E-state index is 12.4. The van der Waals surface area contributed by atoms with E-state index in [1.165, 1.54) is 24.8 Å². The van der Waals surface area contributed by atoms with Crippen molar-refractivity contribution in [1.82, 2.24) is 9.80 Å². The zero-order valence-electron chi connectivity index (χ0n) is 13.9. The van der Waals surface area contributed by atoms with E-state index in [4.69, 9.17) is 0 Å². The van der Waals surface area contributed by atoms with Crippen molar-refractivity contribution in [2.24, 2.45) is 0 Å². The molecule has 0 amide bonds. The summed E-state index contributed by atoms with van der Waals surface area (Å²) < 4.78 is 0. The standard InChI is InChI=1S/C18H28N2O/c1-5-15-7-9-16(10-8-15)17(21)13-20(4)14-18(19(2)3)11-6-12-18/h7-10H,5-6,11-14H2,1-4H3. The van der Waals surface area contributed by atoms with Gasteiger partial charge in [0.25, 0.3) is 0 Å². The lowest BCUT2D eigenvalue weighted by molar-refractivity contribution is 0.0280. The van der Waals surface area contributed by atoms with Crippen molar-refractivity contribution in [3.05, 3.63) is 35.4 Å². The quantitative estimate of drug-likeness (QED) is 0.721. The average Bonchev–Trinajstić information content (AvgIpc) is 2.42. The summed E-state index contributed by atoms with van der Waals surface area (Å²) in [4.78, 5) is 16.9. The number of Topliss-reactive ketones (excluding diaryl/α,β-unsaturated/α-hetero) is 1. The van der Waals surface area contributed by atoms with Crippen LogP contribution in [0, 0.1) is 0 Å². The molecule has 1 aromatic carbocycles. The van der Waals surface area contributed by atoms with Crippen LogP contribution in [0.4, 0.5) is 0 Å². The minimum absolute atomic E-state index is 0.216. The van der Waals surface area contributed by atoms with Gasteiger partial charge in [-0.15, -0.1) is 0 Å². The SMILES string of the molecule is CCc1ccc(C(=O)CN(C)CC2(N(C)C)CCC2)cc1. The van der Waals surface area contributed by atoms with Gasteiger partial charge in [0.1, 0.15) is 0 Å². The molecule has 116 valence electrons. The Balaban J connectivity index is 1.92. The number of hydrogen-bond acceptors (Lipinski definition) is 3. The van der Waals surface area contributed by atoms with E-state index in [1.54, 1.807) is 0 Å². The molecule has 0 saturated heterocycles. The zero-order valence-corrected chi connectivity index (χ0v) is 13.9. The molecule has 1 aliphatic carbocycles. The molecule has 3 nitrogen and oxygen atoms in total. The number of benzene rings is 1. The average molecular weight is 288 g/mol. The second kappa shape index (κ2) is 6.71. The molecule has 21 heavy (non-hydrogen) atoms. The fourth-order valence-corrected chi connectivity index (χ4v) is 3.15. The van der Waals surface area contributed by atoms with Crippen molar-refractivity contribution in [3.8, 4) is 0 Å². The third-order valence-electron chi connectivity index (χ3n) is 4.89. The van der Waals surface area contributed by atoms with Crippen molar-refractivity contribution in [2.75, 3.05) is 34.2 Å². The molecule has 0 radical (unpaired) electrons. The second-order valence-electron chi connectivity index (χ2n) is 6.62. The highest BCUT2D eigenvalue weighted by molar-refractivity contribution is 5.97. The van der Waals surface area contributed by atoms with Crippen molar-refractivity contribution < 1.29 is 4.79 Å². The van der Waals surface area contributed by atoms with Crippen LogP contribution in [0.2, 0.25) is 0 Å². The molecule has 0 spiro atoms. The van der Waals surface area contributed by atoms with Gasteiger partial charge >= 0.3 is 0 Å². The minimum Gasteiger partial charge on any atom is -0.302 e. The van der Waals surface area contributed by atoms with E-state index in [-0.39, 0.29) is 11.3 Å². The van der Waals surface area contributed by atoms with E-state index >= 15 is 0 Å². The highest BCUT2D eigenvalue weighted by atomic mass is 16.1. The molecule has 0 aliphatic heterocycles. The minimum atomic E-state index is 0.216. The Morgan fingerprint density at radius 3 is 2.19 bits per heavy atom. The van der Waals surface area contributed by atoms with E-state index < -0.39 is 0 Å². The van der Waals surface area contributed by atoms with Gasteiger partial charge in [0.2, 0.25) is 0 Å². The van der Waals surface area contributed by atoms with Crippen LogP contribution in [-0.4, -0.2) is 55.4 Å². The Morgan fingerprint density at radius 1 is 1.14 bits per heavy atom. The summed E-state index contributed by atoms with van der Waals surface area (Å²) in [5, 5.41) is 0. The fraction of sp³-hybridized carbons (Fsp3) is 0.611. The van der Waals surface area contributed by atoms with E-state index in [2.05, 4.69) is 50.0 Å². The highest BCUT2D eigenvalue weighted by Crippen LogP contribution is 2.36. The van der Waals surface area contributed by atoms with Crippen LogP contribution in [-0.2, 0) is 6.42 Å². The summed E-state index contributed by atoms with van der Waals surface area (Å²) in [6, 6.07) is 8.03. The molecule has 2 rings (SSSR count). The molecule has 0 unspecified atom stereocenters. The molecule has 3 heteroatoms. The van der Waals surface area contributed by atoms with Crippen LogP contribution in [0.5, 0.6) is 0 Å². The molecule has 1 fully saturated rings. The van der Waals surface area contributed by atoms with Gasteiger partial charge in [0.15, 0.2) is 5.78 Å². The van der Waals surface area contributed by atoms with Gasteiger partial charge in [-0.25, -0.2) is 0 Å². The first-order chi connectivity index (χ1) is 9.97. The second-order valence-corrected chi connectivity index (χ2v) is 6.62. The number of ketones is 1. The molecule has 0 atom stereocenters. The van der Waals surface area contributed by atoms with Crippen LogP contribution >= 0.6 is 0 Å². The maximum absolute atomic E-state index is 12.4. The molecular formula is C18H28N2O. The summed E-state index contributed by atoms with van der Waals surface area (Å²) in [6.45, 7) is 3.60. The Morgan fingerprint density at radius 2 is 1.76 bits per heavy atom. The Kier molecular flexibility index (Phi) is 5.17. The predicted octanol–water partition coefficient (Wildman–Crippen LogP) is 2.85. The fourth-order valence-electron chi connectivity index (χ4n) is 3.15. The Bertz CT molecular complexity index is 474. The molecule has 0 bridgehead atoms. The van der Waals surface area contributed by atoms with Crippen molar-refractivity contribution in [3.63, 3.8) is 0 Å². The van der Waals surface area contributed by atoms with E-state index in [1.807, 2.05) is 12.1 Å². The molecule has 1 aliphatic rings. The molecule has 0 N–H and O–H groups in total. The van der Waals surface area contributed by atoms with Crippen LogP contribution < -0.4 is 0 Å². The van der Waals surface area contributed by atoms with Crippen LogP contribution in [0.1, 0.15) is 42.1 Å². The number of aryl methyl sites for hydroxylation is 1. The summed E-state index contributed by atoms with van der Waals surface area (Å²) >= 11 is 0. The van der Waals surface area contributed by atoms with Gasteiger partial charge in [0.05, 0.1) is 6.54 Å². The lowest BCUT2D eigenvalue weighted by atomic mass is 9.75. The molecule has 1 aromatic rings. The molecule has 0 heterocycles. The molecule has 1 saturated carbocycles. The van der Waals surface area contributed by atoms with Gasteiger partial charge in [-0.05, 0) is 52.4 Å². The summed E-state index contributed by atoms with van der Waals surface area (Å²) in [6.07, 6.45) is 4.80. The number of carbonyl (C=O) groups excluding carboxylic acids is 1. The summed E-state index contributed by atoms with van der Waals surface area (Å²) in [7, 11) is 6.36. The molecule has 0 aromatic heterocycles. The highest BCUT2D eigenvalue weighted by Gasteiger charge is 2.39. The lowest BCUT2D eigenvalue weighted by Crippen LogP contribution is -2.57. The first-order valence-electron chi connectivity index (χ1n) is 7.95. The van der Waals surface area contributed by atoms with Gasteiger partial charge in [-0.3, -0.25) is 9.69 Å². The van der Waals surface area contributed by atoms with Gasteiger partial charge in [-0.2, -0.15) is 0 Å². The van der Waals surface area contributed by atoms with Crippen molar-refractivity contribution in [1.29, 1.82) is 0 Å². The monoisotopic (exact) mass is 288 g/mol. The lowest BCUT2D eigenvalue weighted by Gasteiger charge is -2.49. The van der Waals surface area contributed by atoms with E-state index in [0.29, 0.717) is 6.54 Å². The zero-order chi connectivity index (χ0) is 15.5. The van der Waals surface area contributed by atoms with Crippen LogP contribution in [0.15, 0.2) is 24.3 Å². The number of carbonyl (C=O) groups is 1. The number of likely N-dealkylation sites (N-methyl/N-ethyl adjacent to an activating group) is 2. The third kappa shape index (κ3) is 3.72. The first-order valence-corrected chi connectivity index (χ1v) is 7.95. The number of rotatable bonds is 7. The third-order valence-corrected chi connectivity index (χ3v) is 4.89. The molecular weight excluding hydrogens is 260 g/mol. The Hall–Kier alpha value is -1.19. The van der Waals surface area contributed by atoms with Gasteiger partial charge in [0, 0.05) is 17.6 Å². The normalized spacial score (nSPS) is 17.0. The van der Waals surface area contributed by atoms with Crippen molar-refractivity contribution in [2.45, 2.75) is 38.1 Å². The van der Waals surface area contributed by atoms with Crippen molar-refractivity contribution >= 4 is 5.78 Å². The number of nitrogens with zero attached hydrogens (tertiary/aromatic N) is 2. The maximum Gasteiger partial charge on any atom is 0.176 e. The van der Waals surface area contributed by atoms with Crippen LogP contribution in [0.25, 0.3) is 0 Å².